The van der Waals surface area contributed by atoms with Gasteiger partial charge in [-0.25, -0.2) is 9.97 Å². The number of piperazine rings is 1. The van der Waals surface area contributed by atoms with E-state index in [1.54, 1.807) is 29.4 Å². The lowest BCUT2D eigenvalue weighted by Gasteiger charge is -2.35. The van der Waals surface area contributed by atoms with Crippen molar-refractivity contribution in [1.29, 1.82) is 0 Å². The Morgan fingerprint density at radius 2 is 1.71 bits per heavy atom. The fraction of sp³-hybridized carbons (Fsp3) is 0.304. The van der Waals surface area contributed by atoms with Crippen LogP contribution in [0, 0.1) is 5.92 Å². The van der Waals surface area contributed by atoms with Gasteiger partial charge in [0.2, 0.25) is 5.91 Å². The molecular weight excluding hydrogens is 392 g/mol. The van der Waals surface area contributed by atoms with E-state index < -0.39 is 0 Å². The van der Waals surface area contributed by atoms with Gasteiger partial charge in [-0.05, 0) is 37.1 Å². The van der Waals surface area contributed by atoms with Crippen molar-refractivity contribution in [3.63, 3.8) is 0 Å². The van der Waals surface area contributed by atoms with E-state index in [1.807, 2.05) is 29.2 Å². The van der Waals surface area contributed by atoms with Gasteiger partial charge in [-0.1, -0.05) is 18.2 Å². The maximum Gasteiger partial charge on any atom is 0.274 e. The topological polar surface area (TPSA) is 83.4 Å². The normalized spacial score (nSPS) is 16.3. The van der Waals surface area contributed by atoms with Crippen molar-refractivity contribution in [3.8, 4) is 5.82 Å². The van der Waals surface area contributed by atoms with Crippen LogP contribution >= 0.6 is 0 Å². The number of aromatic nitrogens is 3. The predicted octanol–water partition coefficient (Wildman–Crippen LogP) is 2.58. The van der Waals surface area contributed by atoms with Crippen molar-refractivity contribution in [2.24, 2.45) is 5.92 Å². The number of benzene rings is 1. The molecule has 0 spiro atoms. The number of carbonyl (C=O) groups is 2. The van der Waals surface area contributed by atoms with E-state index in [-0.39, 0.29) is 17.7 Å². The van der Waals surface area contributed by atoms with Crippen molar-refractivity contribution < 1.29 is 9.59 Å². The van der Waals surface area contributed by atoms with Gasteiger partial charge < -0.3 is 15.1 Å². The van der Waals surface area contributed by atoms with Gasteiger partial charge in [0.15, 0.2) is 0 Å². The second kappa shape index (κ2) is 8.22. The Morgan fingerprint density at radius 1 is 0.935 bits per heavy atom. The van der Waals surface area contributed by atoms with Crippen LogP contribution in [0.5, 0.6) is 0 Å². The standard InChI is InChI=1S/C23H24N6O2/c30-22(17-6-7-17)26-18-8-9-21(24-14-18)29-15-20(25-16-29)23(31)28-12-10-27(11-13-28)19-4-2-1-3-5-19/h1-5,8-9,14-17H,6-7,10-13H2,(H,26,30). The summed E-state index contributed by atoms with van der Waals surface area (Å²) in [5, 5.41) is 2.87. The van der Waals surface area contributed by atoms with Gasteiger partial charge in [0.25, 0.3) is 5.91 Å². The zero-order chi connectivity index (χ0) is 21.2. The number of anilines is 2. The van der Waals surface area contributed by atoms with Gasteiger partial charge in [-0.3, -0.25) is 14.2 Å². The highest BCUT2D eigenvalue weighted by atomic mass is 16.2. The molecule has 1 N–H and O–H groups in total. The fourth-order valence-electron chi connectivity index (χ4n) is 3.73. The molecule has 0 atom stereocenters. The molecule has 8 nitrogen and oxygen atoms in total. The van der Waals surface area contributed by atoms with Gasteiger partial charge in [0.05, 0.1) is 11.9 Å². The molecule has 8 heteroatoms. The highest BCUT2D eigenvalue weighted by Gasteiger charge is 2.29. The van der Waals surface area contributed by atoms with Crippen LogP contribution in [0.15, 0.2) is 61.2 Å². The van der Waals surface area contributed by atoms with Crippen molar-refractivity contribution >= 4 is 23.2 Å². The number of carbonyl (C=O) groups excluding carboxylic acids is 2. The molecule has 1 saturated carbocycles. The van der Waals surface area contributed by atoms with E-state index >= 15 is 0 Å². The zero-order valence-electron chi connectivity index (χ0n) is 17.1. The van der Waals surface area contributed by atoms with E-state index in [4.69, 9.17) is 0 Å². The molecule has 3 aromatic rings. The summed E-state index contributed by atoms with van der Waals surface area (Å²) in [4.78, 5) is 37.6. The lowest BCUT2D eigenvalue weighted by Crippen LogP contribution is -2.48. The molecule has 0 bridgehead atoms. The minimum absolute atomic E-state index is 0.0532. The van der Waals surface area contributed by atoms with Crippen molar-refractivity contribution in [2.45, 2.75) is 12.8 Å². The molecule has 5 rings (SSSR count). The molecule has 1 aliphatic heterocycles. The smallest absolute Gasteiger partial charge is 0.274 e. The van der Waals surface area contributed by atoms with Gasteiger partial charge in [0.1, 0.15) is 17.8 Å². The molecule has 0 unspecified atom stereocenters. The Bertz CT molecular complexity index is 1070. The summed E-state index contributed by atoms with van der Waals surface area (Å²) in [6.07, 6.45) is 6.85. The Labute approximate surface area is 180 Å². The fourth-order valence-corrected chi connectivity index (χ4v) is 3.73. The summed E-state index contributed by atoms with van der Waals surface area (Å²) in [5.41, 5.74) is 2.26. The largest absolute Gasteiger partial charge is 0.368 e. The van der Waals surface area contributed by atoms with Crippen LogP contribution in [0.2, 0.25) is 0 Å². The molecule has 2 amide bonds. The third-order valence-electron chi connectivity index (χ3n) is 5.72. The van der Waals surface area contributed by atoms with Crippen LogP contribution in [-0.2, 0) is 4.79 Å². The van der Waals surface area contributed by atoms with E-state index in [0.717, 1.165) is 25.9 Å². The van der Waals surface area contributed by atoms with Crippen LogP contribution in [0.3, 0.4) is 0 Å². The highest BCUT2D eigenvalue weighted by molar-refractivity contribution is 5.94. The molecule has 1 aromatic carbocycles. The van der Waals surface area contributed by atoms with Crippen LogP contribution in [-0.4, -0.2) is 57.4 Å². The molecule has 3 heterocycles. The van der Waals surface area contributed by atoms with E-state index in [2.05, 4.69) is 32.3 Å². The van der Waals surface area contributed by atoms with E-state index in [0.29, 0.717) is 30.3 Å². The minimum Gasteiger partial charge on any atom is -0.368 e. The first kappa shape index (κ1) is 19.3. The van der Waals surface area contributed by atoms with Crippen molar-refractivity contribution in [3.05, 3.63) is 66.9 Å². The number of rotatable bonds is 5. The molecule has 2 aromatic heterocycles. The number of nitrogens with zero attached hydrogens (tertiary/aromatic N) is 5. The Morgan fingerprint density at radius 3 is 2.39 bits per heavy atom. The summed E-state index contributed by atoms with van der Waals surface area (Å²) in [5.74, 6) is 0.776. The summed E-state index contributed by atoms with van der Waals surface area (Å²) in [6.45, 7) is 2.92. The van der Waals surface area contributed by atoms with Gasteiger partial charge >= 0.3 is 0 Å². The molecule has 2 fully saturated rings. The number of hydrogen-bond acceptors (Lipinski definition) is 5. The molecule has 158 valence electrons. The van der Waals surface area contributed by atoms with Crippen LogP contribution in [0.4, 0.5) is 11.4 Å². The Hall–Kier alpha value is -3.68. The third kappa shape index (κ3) is 4.28. The number of imidazole rings is 1. The maximum absolute atomic E-state index is 12.9. The summed E-state index contributed by atoms with van der Waals surface area (Å²) in [7, 11) is 0. The van der Waals surface area contributed by atoms with Crippen LogP contribution < -0.4 is 10.2 Å². The Balaban J connectivity index is 1.20. The van der Waals surface area contributed by atoms with E-state index in [1.165, 1.54) is 5.69 Å². The first-order valence-corrected chi connectivity index (χ1v) is 10.6. The zero-order valence-corrected chi connectivity index (χ0v) is 17.1. The number of nitrogens with one attached hydrogen (secondary N) is 1. The molecule has 1 aliphatic carbocycles. The molecule has 2 aliphatic rings. The first-order chi connectivity index (χ1) is 15.2. The summed E-state index contributed by atoms with van der Waals surface area (Å²) >= 11 is 0. The van der Waals surface area contributed by atoms with Crippen molar-refractivity contribution in [1.82, 2.24) is 19.4 Å². The summed E-state index contributed by atoms with van der Waals surface area (Å²) < 4.78 is 1.72. The number of para-hydroxylation sites is 1. The van der Waals surface area contributed by atoms with Crippen LogP contribution in [0.25, 0.3) is 5.82 Å². The predicted molar refractivity (Wildman–Crippen MR) is 117 cm³/mol. The average molecular weight is 416 g/mol. The number of amides is 2. The monoisotopic (exact) mass is 416 g/mol. The second-order valence-corrected chi connectivity index (χ2v) is 7.95. The first-order valence-electron chi connectivity index (χ1n) is 10.6. The summed E-state index contributed by atoms with van der Waals surface area (Å²) in [6, 6.07) is 13.9. The lowest BCUT2D eigenvalue weighted by molar-refractivity contribution is -0.117. The van der Waals surface area contributed by atoms with Crippen LogP contribution in [0.1, 0.15) is 23.3 Å². The minimum atomic E-state index is -0.0696. The SMILES string of the molecule is O=C(Nc1ccc(-n2cnc(C(=O)N3CCN(c4ccccc4)CC3)c2)nc1)C1CC1. The quantitative estimate of drug-likeness (QED) is 0.691. The average Bonchev–Trinajstić information content (AvgIpc) is 3.57. The van der Waals surface area contributed by atoms with E-state index in [9.17, 15) is 9.59 Å². The molecule has 31 heavy (non-hydrogen) atoms. The lowest BCUT2D eigenvalue weighted by atomic mass is 10.2. The molecular formula is C23H24N6O2. The Kier molecular flexibility index (Phi) is 5.11. The van der Waals surface area contributed by atoms with Gasteiger partial charge in [0, 0.05) is 44.0 Å². The van der Waals surface area contributed by atoms with Crippen molar-refractivity contribution in [2.75, 3.05) is 36.4 Å². The second-order valence-electron chi connectivity index (χ2n) is 7.95. The highest BCUT2D eigenvalue weighted by Crippen LogP contribution is 2.30. The molecule has 0 radical (unpaired) electrons. The maximum atomic E-state index is 12.9. The van der Waals surface area contributed by atoms with Gasteiger partial charge in [-0.15, -0.1) is 0 Å². The number of pyridine rings is 1. The number of hydrogen-bond donors (Lipinski definition) is 1. The third-order valence-corrected chi connectivity index (χ3v) is 5.72. The van der Waals surface area contributed by atoms with Gasteiger partial charge in [-0.2, -0.15) is 0 Å². The molecule has 1 saturated heterocycles.